The minimum Gasteiger partial charge on any atom is -0.481 e. The van der Waals surface area contributed by atoms with Crippen LogP contribution in [0.1, 0.15) is 25.7 Å². The van der Waals surface area contributed by atoms with Crippen LogP contribution in [-0.4, -0.2) is 27.7 Å². The summed E-state index contributed by atoms with van der Waals surface area (Å²) in [6.45, 7) is 0. The second-order valence-electron chi connectivity index (χ2n) is 4.72. The third-order valence-corrected chi connectivity index (χ3v) is 4.07. The van der Waals surface area contributed by atoms with Crippen LogP contribution >= 0.6 is 0 Å². The fourth-order valence-electron chi connectivity index (χ4n) is 3.17. The molecule has 0 amide bonds. The lowest BCUT2D eigenvalue weighted by Gasteiger charge is -2.39. The number of carboxylic acids is 2. The summed E-state index contributed by atoms with van der Waals surface area (Å²) in [7, 11) is 0. The minimum atomic E-state index is -1.17. The molecule has 0 aliphatic heterocycles. The molecular weight excluding hydrogens is 198 g/mol. The van der Waals surface area contributed by atoms with E-state index in [2.05, 4.69) is 0 Å². The van der Waals surface area contributed by atoms with Crippen LogP contribution in [0, 0.1) is 17.8 Å². The first-order chi connectivity index (χ1) is 6.96. The van der Waals surface area contributed by atoms with Crippen molar-refractivity contribution in [3.63, 3.8) is 0 Å². The zero-order valence-electron chi connectivity index (χ0n) is 8.35. The Morgan fingerprint density at radius 2 is 1.60 bits per heavy atom. The number of aliphatic carboxylic acids is 2. The van der Waals surface area contributed by atoms with Crippen LogP contribution in [0.25, 0.3) is 0 Å². The van der Waals surface area contributed by atoms with Crippen molar-refractivity contribution >= 4 is 11.9 Å². The van der Waals surface area contributed by atoms with Crippen LogP contribution in [0.3, 0.4) is 0 Å². The van der Waals surface area contributed by atoms with E-state index >= 15 is 0 Å². The van der Waals surface area contributed by atoms with Gasteiger partial charge in [0.05, 0.1) is 5.92 Å². The predicted octanol–water partition coefficient (Wildman–Crippen LogP) is 0.289. The van der Waals surface area contributed by atoms with E-state index in [0.717, 1.165) is 12.8 Å². The van der Waals surface area contributed by atoms with Crippen LogP contribution in [0.5, 0.6) is 0 Å². The first-order valence-electron chi connectivity index (χ1n) is 5.21. The number of carbonyl (C=O) groups is 2. The Balaban J connectivity index is 2.24. The summed E-state index contributed by atoms with van der Waals surface area (Å²) in [5, 5.41) is 18.1. The molecule has 2 aliphatic rings. The van der Waals surface area contributed by atoms with Crippen LogP contribution in [0.15, 0.2) is 0 Å². The molecule has 0 spiro atoms. The molecule has 0 aromatic carbocycles. The minimum absolute atomic E-state index is 0.171. The van der Waals surface area contributed by atoms with Gasteiger partial charge in [-0.3, -0.25) is 9.59 Å². The van der Waals surface area contributed by atoms with E-state index < -0.39 is 23.4 Å². The lowest BCUT2D eigenvalue weighted by molar-refractivity contribution is -0.153. The van der Waals surface area contributed by atoms with E-state index in [9.17, 15) is 9.59 Å². The Kier molecular flexibility index (Phi) is 2.22. The Morgan fingerprint density at radius 1 is 1.13 bits per heavy atom. The summed E-state index contributed by atoms with van der Waals surface area (Å²) in [6, 6.07) is 0. The van der Waals surface area contributed by atoms with Crippen molar-refractivity contribution in [1.29, 1.82) is 0 Å². The molecule has 2 saturated carbocycles. The Hall–Kier alpha value is -1.10. The van der Waals surface area contributed by atoms with Gasteiger partial charge in [0.1, 0.15) is 5.54 Å². The molecule has 5 heteroatoms. The van der Waals surface area contributed by atoms with Crippen LogP contribution in [-0.2, 0) is 9.59 Å². The maximum Gasteiger partial charge on any atom is 0.324 e. The molecule has 84 valence electrons. The molecule has 0 heterocycles. The zero-order chi connectivity index (χ0) is 11.2. The van der Waals surface area contributed by atoms with E-state index in [1.807, 2.05) is 0 Å². The Morgan fingerprint density at radius 3 is 1.93 bits per heavy atom. The molecule has 4 atom stereocenters. The number of hydrogen-bond donors (Lipinski definition) is 3. The molecule has 0 radical (unpaired) electrons. The monoisotopic (exact) mass is 213 g/mol. The van der Waals surface area contributed by atoms with Gasteiger partial charge in [0.25, 0.3) is 0 Å². The highest BCUT2D eigenvalue weighted by molar-refractivity contribution is 5.81. The Bertz CT molecular complexity index is 301. The van der Waals surface area contributed by atoms with Gasteiger partial charge in [0, 0.05) is 0 Å². The molecule has 2 rings (SSSR count). The Labute approximate surface area is 87.3 Å². The highest BCUT2D eigenvalue weighted by Crippen LogP contribution is 2.50. The van der Waals surface area contributed by atoms with Crippen molar-refractivity contribution < 1.29 is 19.8 Å². The molecule has 0 aromatic rings. The topological polar surface area (TPSA) is 101 Å². The summed E-state index contributed by atoms with van der Waals surface area (Å²) in [5.41, 5.74) is 4.75. The molecule has 2 fully saturated rings. The first-order valence-corrected chi connectivity index (χ1v) is 5.21. The van der Waals surface area contributed by atoms with Gasteiger partial charge in [0.15, 0.2) is 0 Å². The average Bonchev–Trinajstić information content (AvgIpc) is 2.39. The largest absolute Gasteiger partial charge is 0.481 e. The summed E-state index contributed by atoms with van der Waals surface area (Å²) in [5.74, 6) is -2.54. The van der Waals surface area contributed by atoms with E-state index in [4.69, 9.17) is 15.9 Å². The van der Waals surface area contributed by atoms with Gasteiger partial charge in [-0.15, -0.1) is 0 Å². The summed E-state index contributed by atoms with van der Waals surface area (Å²) in [6.07, 6.45) is 2.32. The van der Waals surface area contributed by atoms with Gasteiger partial charge in [0.2, 0.25) is 0 Å². The van der Waals surface area contributed by atoms with Crippen molar-refractivity contribution in [2.75, 3.05) is 0 Å². The molecule has 5 nitrogen and oxygen atoms in total. The standard InChI is InChI=1S/C10H15NO4/c11-10(9(14)15)6-1-2-7(10)4-5(3-6)8(12)13/h5-7H,1-4,11H2,(H,12,13)(H,14,15)/t5?,6-,7+,10?. The first kappa shape index (κ1) is 10.4. The molecule has 2 bridgehead atoms. The molecule has 2 unspecified atom stereocenters. The summed E-state index contributed by atoms with van der Waals surface area (Å²) < 4.78 is 0. The van der Waals surface area contributed by atoms with Crippen molar-refractivity contribution in [2.24, 2.45) is 23.5 Å². The number of fused-ring (bicyclic) bond motifs is 2. The van der Waals surface area contributed by atoms with Crippen LogP contribution < -0.4 is 5.73 Å². The van der Waals surface area contributed by atoms with Gasteiger partial charge in [-0.2, -0.15) is 0 Å². The third kappa shape index (κ3) is 1.33. The van der Waals surface area contributed by atoms with Crippen molar-refractivity contribution in [3.05, 3.63) is 0 Å². The fourth-order valence-corrected chi connectivity index (χ4v) is 3.17. The molecule has 2 aliphatic carbocycles. The SMILES string of the molecule is NC1(C(=O)O)[C@@H]2CC[C@H]1CC(C(=O)O)C2. The highest BCUT2D eigenvalue weighted by Gasteiger charge is 2.57. The summed E-state index contributed by atoms with van der Waals surface area (Å²) in [4.78, 5) is 22.0. The lowest BCUT2D eigenvalue weighted by atomic mass is 9.68. The zero-order valence-corrected chi connectivity index (χ0v) is 8.35. The molecule has 15 heavy (non-hydrogen) atoms. The molecule has 0 saturated heterocycles. The maximum atomic E-state index is 11.1. The van der Waals surface area contributed by atoms with Crippen LogP contribution in [0.4, 0.5) is 0 Å². The lowest BCUT2D eigenvalue weighted by Crippen LogP contribution is -2.59. The second-order valence-corrected chi connectivity index (χ2v) is 4.72. The van der Waals surface area contributed by atoms with E-state index in [1.165, 1.54) is 0 Å². The fraction of sp³-hybridized carbons (Fsp3) is 0.800. The van der Waals surface area contributed by atoms with Crippen molar-refractivity contribution in [2.45, 2.75) is 31.2 Å². The van der Waals surface area contributed by atoms with E-state index in [0.29, 0.717) is 12.8 Å². The molecule has 0 aromatic heterocycles. The van der Waals surface area contributed by atoms with Gasteiger partial charge in [-0.1, -0.05) is 0 Å². The van der Waals surface area contributed by atoms with Crippen molar-refractivity contribution in [3.8, 4) is 0 Å². The smallest absolute Gasteiger partial charge is 0.324 e. The van der Waals surface area contributed by atoms with Crippen molar-refractivity contribution in [1.82, 2.24) is 0 Å². The number of hydrogen-bond acceptors (Lipinski definition) is 3. The number of nitrogens with two attached hydrogens (primary N) is 1. The highest BCUT2D eigenvalue weighted by atomic mass is 16.4. The number of carboxylic acid groups (broad SMARTS) is 2. The third-order valence-electron chi connectivity index (χ3n) is 4.07. The average molecular weight is 213 g/mol. The number of rotatable bonds is 2. The van der Waals surface area contributed by atoms with Gasteiger partial charge >= 0.3 is 11.9 Å². The second kappa shape index (κ2) is 3.20. The molecular formula is C10H15NO4. The summed E-state index contributed by atoms with van der Waals surface area (Å²) >= 11 is 0. The quantitative estimate of drug-likeness (QED) is 0.612. The van der Waals surface area contributed by atoms with Crippen LogP contribution in [0.2, 0.25) is 0 Å². The van der Waals surface area contributed by atoms with Gasteiger partial charge < -0.3 is 15.9 Å². The maximum absolute atomic E-state index is 11.1. The normalized spacial score (nSPS) is 43.9. The van der Waals surface area contributed by atoms with E-state index in [-0.39, 0.29) is 11.8 Å². The predicted molar refractivity (Wildman–Crippen MR) is 51.1 cm³/mol. The van der Waals surface area contributed by atoms with E-state index in [1.54, 1.807) is 0 Å². The van der Waals surface area contributed by atoms with Gasteiger partial charge in [-0.25, -0.2) is 0 Å². The molecule has 4 N–H and O–H groups in total. The van der Waals surface area contributed by atoms with Gasteiger partial charge in [-0.05, 0) is 37.5 Å².